The third-order valence-electron chi connectivity index (χ3n) is 43.3. The van der Waals surface area contributed by atoms with Gasteiger partial charge >= 0.3 is 11.9 Å². The number of rotatable bonds is 19. The van der Waals surface area contributed by atoms with Gasteiger partial charge in [-0.05, 0) is 365 Å². The number of ether oxygens (including phenoxy) is 10. The molecule has 1 N–H and O–H groups in total. The number of fused-ring (bicyclic) bond motifs is 12. The summed E-state index contributed by atoms with van der Waals surface area (Å²) in [5.74, 6) is 6.41. The molecule has 0 aromatic rings. The molecule has 21 fully saturated rings. The van der Waals surface area contributed by atoms with Gasteiger partial charge in [-0.3, -0.25) is 14.5 Å². The van der Waals surface area contributed by atoms with Gasteiger partial charge in [0, 0.05) is 78.6 Å². The molecule has 18 heteroatoms. The molecule has 18 nitrogen and oxygen atoms in total. The van der Waals surface area contributed by atoms with E-state index in [-0.39, 0.29) is 75.6 Å². The second kappa shape index (κ2) is 40.7. The minimum Gasteiger partial charge on any atom is -0.481 e. The number of likely N-dealkylation sites (tertiary alicyclic amines) is 5. The maximum Gasteiger partial charge on any atom is 0.323 e. The van der Waals surface area contributed by atoms with Crippen LogP contribution in [0.3, 0.4) is 0 Å². The van der Waals surface area contributed by atoms with E-state index in [1.165, 1.54) is 288 Å². The fraction of sp³-hybridized carbons (Fsp3) is 0.912. The molecule has 9 heterocycles. The van der Waals surface area contributed by atoms with Crippen LogP contribution >= 0.6 is 0 Å². The monoisotopic (exact) mass is 1820 g/mol. The van der Waals surface area contributed by atoms with Gasteiger partial charge in [0.05, 0.1) is 70.0 Å². The van der Waals surface area contributed by atoms with Gasteiger partial charge in [-0.15, -0.1) is 0 Å². The third-order valence-corrected chi connectivity index (χ3v) is 43.3. The predicted octanol–water partition coefficient (Wildman–Crippen LogP) is 22.0. The highest BCUT2D eigenvalue weighted by Crippen LogP contribution is 2.69. The number of hydrogen-bond acceptors (Lipinski definition) is 17. The Kier molecular flexibility index (Phi) is 30.6. The Morgan fingerprint density at radius 1 is 0.374 bits per heavy atom. The van der Waals surface area contributed by atoms with Crippen LogP contribution in [0.2, 0.25) is 0 Å². The van der Waals surface area contributed by atoms with Gasteiger partial charge in [-0.25, -0.2) is 0 Å². The number of hydrogen-bond donors (Lipinski definition) is 1. The van der Waals surface area contributed by atoms with Crippen molar-refractivity contribution in [1.29, 1.82) is 0 Å². The summed E-state index contributed by atoms with van der Waals surface area (Å²) in [7, 11) is 5.66. The van der Waals surface area contributed by atoms with Crippen LogP contribution in [0.25, 0.3) is 0 Å². The van der Waals surface area contributed by atoms with Crippen molar-refractivity contribution in [2.45, 2.75) is 393 Å². The Balaban J connectivity index is 0.000000117. The van der Waals surface area contributed by atoms with Gasteiger partial charge in [0.25, 0.3) is 0 Å². The Bertz CT molecular complexity index is 3900. The zero-order valence-corrected chi connectivity index (χ0v) is 84.6. The van der Waals surface area contributed by atoms with E-state index in [2.05, 4.69) is 113 Å². The number of piperidine rings is 1. The van der Waals surface area contributed by atoms with Crippen LogP contribution in [0.4, 0.5) is 0 Å². The highest BCUT2D eigenvalue weighted by molar-refractivity contribution is 5.76. The Morgan fingerprint density at radius 2 is 0.710 bits per heavy atom. The molecular formula is C113H185N5O13. The third kappa shape index (κ3) is 19.5. The maximum absolute atomic E-state index is 12.2. The minimum atomic E-state index is -0.638. The first kappa shape index (κ1) is 98.5. The molecular weight excluding hydrogens is 1640 g/mol. The fourth-order valence-electron chi connectivity index (χ4n) is 35.3. The lowest BCUT2D eigenvalue weighted by molar-refractivity contribution is -0.316. The number of esters is 1. The molecule has 740 valence electrons. The van der Waals surface area contributed by atoms with E-state index in [4.69, 9.17) is 47.4 Å². The topological polar surface area (TPSA) is 163 Å². The van der Waals surface area contributed by atoms with Gasteiger partial charge in [0.1, 0.15) is 6.04 Å². The van der Waals surface area contributed by atoms with E-state index in [0.717, 1.165) is 117 Å². The molecule has 0 radical (unpaired) electrons. The first-order valence-corrected chi connectivity index (χ1v) is 55.1. The summed E-state index contributed by atoms with van der Waals surface area (Å²) in [5, 5.41) is 9.35. The summed E-state index contributed by atoms with van der Waals surface area (Å²) in [6.07, 6.45) is 55.1. The molecule has 12 aliphatic carbocycles. The van der Waals surface area contributed by atoms with E-state index in [0.29, 0.717) is 124 Å². The molecule has 21 aliphatic rings. The van der Waals surface area contributed by atoms with E-state index in [9.17, 15) is 14.7 Å². The molecule has 9 saturated heterocycles. The van der Waals surface area contributed by atoms with Crippen molar-refractivity contribution in [2.75, 3.05) is 133 Å². The number of carbonyl (C=O) groups excluding carboxylic acids is 1. The Morgan fingerprint density at radius 3 is 1.05 bits per heavy atom. The van der Waals surface area contributed by atoms with Gasteiger partial charge in [0.15, 0.2) is 25.2 Å². The van der Waals surface area contributed by atoms with Crippen LogP contribution in [-0.4, -0.2) is 236 Å². The lowest BCUT2D eigenvalue weighted by Gasteiger charge is -2.63. The summed E-state index contributed by atoms with van der Waals surface area (Å²) in [6, 6.07) is -0.0589. The largest absolute Gasteiger partial charge is 0.481 e. The number of methoxy groups -OCH3 is 2. The lowest BCUT2D eigenvalue weighted by atomic mass is 9.46. The van der Waals surface area contributed by atoms with Crippen LogP contribution in [0.15, 0.2) is 48.6 Å². The van der Waals surface area contributed by atoms with E-state index >= 15 is 0 Å². The number of carboxylic acid groups (broad SMARTS) is 1. The molecule has 12 saturated carbocycles. The van der Waals surface area contributed by atoms with Gasteiger partial charge < -0.3 is 72.1 Å². The second-order valence-electron chi connectivity index (χ2n) is 50.6. The summed E-state index contributed by atoms with van der Waals surface area (Å²) in [4.78, 5) is 36.3. The molecule has 21 rings (SSSR count). The molecule has 9 aliphatic heterocycles. The summed E-state index contributed by atoms with van der Waals surface area (Å²) in [6.45, 7) is 56.5. The molecule has 131 heavy (non-hydrogen) atoms. The van der Waals surface area contributed by atoms with Crippen molar-refractivity contribution in [1.82, 2.24) is 24.5 Å². The Hall–Kier alpha value is -2.66. The summed E-state index contributed by atoms with van der Waals surface area (Å²) in [5.41, 5.74) is 8.12. The average Bonchev–Trinajstić information content (AvgIpc) is 1.73. The quantitative estimate of drug-likeness (QED) is 0.0959. The number of nitrogens with zero attached hydrogens (tertiary/aromatic N) is 5. The predicted molar refractivity (Wildman–Crippen MR) is 519 cm³/mol. The summed E-state index contributed by atoms with van der Waals surface area (Å²) < 4.78 is 63.6. The van der Waals surface area contributed by atoms with Crippen molar-refractivity contribution in [3.05, 3.63) is 48.6 Å². The van der Waals surface area contributed by atoms with Gasteiger partial charge in [-0.1, -0.05) is 155 Å². The highest BCUT2D eigenvalue weighted by Gasteiger charge is 2.66. The first-order valence-electron chi connectivity index (χ1n) is 55.1. The minimum absolute atomic E-state index is 0.0200. The molecule has 5 unspecified atom stereocenters. The fourth-order valence-corrected chi connectivity index (χ4v) is 35.3. The highest BCUT2D eigenvalue weighted by atomic mass is 16.7. The zero-order chi connectivity index (χ0) is 91.6. The standard InChI is InChI=1S/C31H52N2O2.C28H45NO4.C27H43NO4.C27H45NO3/c1-23-9-10-26-29(2,13-11-27-30(26,3)22-34-28(35-27)24-7-5-6-8-24)25(23)12-17-33-20-16-31(21-33)14-18-32(4)19-15-31;1-19-11-12-23-27(2,21(19)14-17-29-16-7-10-22(29)25(30)31-4)15-13-24-28(23,3)18-32-26(33-24)20-8-5-6-9-20;1-18-8-9-22-26(2,21(18)12-15-28-14-11-20(16-28)24(29)30)13-10-23-27(22,3)17-31-25(32-23)19-6-4-5-7-19;1-19-9-10-23-26(2,22(19)13-16-28-15-12-21(17-28)29-4)14-11-24-27(23,3)18-30-25(31-24)20-7-5-6-8-20/h24-28H,1,5-22H2,2-4H3;20-24,26H,1,5-18H2,2-4H3;19-23,25H,1,4-17H2,2-3H3,(H,29,30);20-25H,1,5-18H2,2-4H3/t25-,26?,27-,28-,29+,30+;21-,22+,23?,24-,26-,27+,28+;20-,21+,22?,23+,25+,26-,27-;21?,22-,23?,24-,25-,26+,27+/m1101/s1. The number of carbonyl (C=O) groups is 2. The normalized spacial score (nSPS) is 45.4. The lowest BCUT2D eigenvalue weighted by Crippen LogP contribution is -2.62. The number of allylic oxidation sites excluding steroid dienone is 4. The average molecular weight is 1820 g/mol. The molecule has 0 aromatic carbocycles. The number of carboxylic acids is 1. The maximum atomic E-state index is 12.2. The molecule has 1 spiro atoms. The second-order valence-corrected chi connectivity index (χ2v) is 50.6. The van der Waals surface area contributed by atoms with Crippen LogP contribution in [0.1, 0.15) is 331 Å². The van der Waals surface area contributed by atoms with Crippen molar-refractivity contribution >= 4 is 11.9 Å². The zero-order valence-electron chi connectivity index (χ0n) is 84.6. The van der Waals surface area contributed by atoms with Crippen molar-refractivity contribution in [3.63, 3.8) is 0 Å². The summed E-state index contributed by atoms with van der Waals surface area (Å²) >= 11 is 0. The molecule has 27 atom stereocenters. The van der Waals surface area contributed by atoms with Crippen LogP contribution in [-0.2, 0) is 57.0 Å². The van der Waals surface area contributed by atoms with Gasteiger partial charge in [0.2, 0.25) is 0 Å². The van der Waals surface area contributed by atoms with Crippen LogP contribution < -0.4 is 0 Å². The molecule has 0 bridgehead atoms. The smallest absolute Gasteiger partial charge is 0.323 e. The SMILES string of the molecule is C=C1CCC2[C@]3(C)CO[C@@H](C4CCCC4)O[C@@H]3CC[C@@]2(C)[C@@H]1CCN1CCC(OC)C1.C=C1CCC2[C@]3(C)CO[C@@H](C4CCCC4)O[C@@H]3CC[C@@]2(C)[C@@H]1CCN1CCC2(CCN(C)CC2)C1.C=C1CCC2[C@]3(C)CO[C@@H](C4CCCC4)O[C@@H]3CC[C@@]2(C)[C@@H]1CCN1CCC[C@H]1C(=O)OC.C=C1CCC2[C@]3(C)CO[C@@H](C4CCCC4)O[C@@H]3CC[C@@]2(C)[C@@H]1CCN1CC[C@H](C(=O)O)C1. The van der Waals surface area contributed by atoms with Crippen molar-refractivity contribution < 1.29 is 62.1 Å². The van der Waals surface area contributed by atoms with E-state index in [1.54, 1.807) is 5.57 Å². The van der Waals surface area contributed by atoms with E-state index in [1.807, 2.05) is 7.11 Å². The number of aliphatic carboxylic acids is 1. The van der Waals surface area contributed by atoms with Gasteiger partial charge in [-0.2, -0.15) is 0 Å². The van der Waals surface area contributed by atoms with Crippen LogP contribution in [0.5, 0.6) is 0 Å². The molecule has 0 aromatic heterocycles. The van der Waals surface area contributed by atoms with E-state index < -0.39 is 5.97 Å². The first-order chi connectivity index (χ1) is 62.9. The van der Waals surface area contributed by atoms with Crippen molar-refractivity contribution in [2.24, 2.45) is 126 Å². The Labute approximate surface area is 794 Å². The van der Waals surface area contributed by atoms with Crippen molar-refractivity contribution in [3.8, 4) is 0 Å². The van der Waals surface area contributed by atoms with Crippen LogP contribution in [0, 0.1) is 126 Å². The molecule has 0 amide bonds.